The van der Waals surface area contributed by atoms with Gasteiger partial charge in [-0.15, -0.1) is 0 Å². The molecule has 12 aromatic rings. The van der Waals surface area contributed by atoms with Gasteiger partial charge in [0.05, 0.1) is 90.8 Å². The molecule has 0 aliphatic rings. The lowest BCUT2D eigenvalue weighted by Crippen LogP contribution is -2.18. The summed E-state index contributed by atoms with van der Waals surface area (Å²) in [5.74, 6) is 0.734. The summed E-state index contributed by atoms with van der Waals surface area (Å²) in [6, 6.07) is 45.2. The molecule has 522 valence electrons. The third-order valence-corrected chi connectivity index (χ3v) is 17.6. The number of benzene rings is 9. The predicted molar refractivity (Wildman–Crippen MR) is 413 cm³/mol. The molecule has 0 aliphatic heterocycles. The number of halogens is 1. The number of nitrogen functional groups attached to an aromatic ring is 3. The van der Waals surface area contributed by atoms with E-state index in [1.54, 1.807) is 72.2 Å². The Morgan fingerprint density at radius 1 is 0.471 bits per heavy atom. The highest BCUT2D eigenvalue weighted by atomic mass is 79.9. The molecule has 0 fully saturated rings. The van der Waals surface area contributed by atoms with Crippen molar-refractivity contribution in [1.82, 2.24) is 34.1 Å². The van der Waals surface area contributed by atoms with Gasteiger partial charge in [-0.2, -0.15) is 0 Å². The van der Waals surface area contributed by atoms with E-state index in [1.165, 1.54) is 7.11 Å². The summed E-state index contributed by atoms with van der Waals surface area (Å²) in [5.41, 5.74) is 40.4. The van der Waals surface area contributed by atoms with Crippen molar-refractivity contribution in [1.29, 1.82) is 0 Å². The second-order valence-electron chi connectivity index (χ2n) is 24.1. The van der Waals surface area contributed by atoms with E-state index in [1.807, 2.05) is 168 Å². The van der Waals surface area contributed by atoms with Crippen molar-refractivity contribution >= 4 is 118 Å². The second kappa shape index (κ2) is 35.6. The number of ether oxygens (including phenoxy) is 1. The molecule has 0 saturated carbocycles. The maximum atomic E-state index is 11.7. The number of amides is 1. The summed E-state index contributed by atoms with van der Waals surface area (Å²) < 4.78 is 11.5. The molecule has 0 radical (unpaired) electrons. The number of hydrogen-bond acceptors (Lipinski definition) is 11. The van der Waals surface area contributed by atoms with E-state index in [4.69, 9.17) is 71.7 Å². The molecule has 23 heteroatoms. The lowest BCUT2D eigenvalue weighted by Gasteiger charge is -2.05. The SMILES string of the molecule is [C-]#[N+]c1cc(Br)c(N)cc1C.[C-]#[N+]c1cc(CC)c(N)cc1C.[C-]#[N+]c1cc(N)ccc1C.[C-]#[N+]c1cc2c(cc1C)nc(Cc1cccc(C(=O)NO)c1)n2C.[C-]#[N+]c1cc2c(cc1C)nc(Cc1cccc(C(=O)O)c1)n2C.[C-]#[N+]c1cc2c(cc1C)nc(Cc1cccc(C(=O)OC)c1)n2C. The van der Waals surface area contributed by atoms with Crippen molar-refractivity contribution in [2.24, 2.45) is 21.1 Å². The number of nitrogens with two attached hydrogens (primary N) is 3. The van der Waals surface area contributed by atoms with Gasteiger partial charge in [0.1, 0.15) is 17.5 Å². The minimum absolute atomic E-state index is 0.271. The number of esters is 1. The van der Waals surface area contributed by atoms with Crippen LogP contribution >= 0.6 is 15.9 Å². The summed E-state index contributed by atoms with van der Waals surface area (Å²) in [6.07, 6.45) is 2.57. The van der Waals surface area contributed by atoms with Gasteiger partial charge in [0.2, 0.25) is 0 Å². The zero-order chi connectivity index (χ0) is 76.2. The molecule has 0 unspecified atom stereocenters. The number of nitrogens with zero attached hydrogens (tertiary/aromatic N) is 12. The maximum absolute atomic E-state index is 11.7. The van der Waals surface area contributed by atoms with Gasteiger partial charge < -0.3 is 40.7 Å². The van der Waals surface area contributed by atoms with E-state index < -0.39 is 11.9 Å². The molecule has 3 heterocycles. The first-order chi connectivity index (χ1) is 49.6. The molecule has 22 nitrogen and oxygen atoms in total. The number of methoxy groups -OCH3 is 1. The van der Waals surface area contributed by atoms with Crippen molar-refractivity contribution < 1.29 is 29.4 Å². The fourth-order valence-electron chi connectivity index (χ4n) is 10.9. The van der Waals surface area contributed by atoms with Crippen molar-refractivity contribution in [3.8, 4) is 0 Å². The molecule has 9 N–H and O–H groups in total. The number of carbonyl (C=O) groups is 3. The van der Waals surface area contributed by atoms with E-state index in [0.29, 0.717) is 75.9 Å². The summed E-state index contributed by atoms with van der Waals surface area (Å²) in [6.45, 7) is 55.6. The van der Waals surface area contributed by atoms with E-state index in [-0.39, 0.29) is 11.5 Å². The molecular formula is C81H75BrN16O6. The van der Waals surface area contributed by atoms with Crippen molar-refractivity contribution in [2.75, 3.05) is 24.3 Å². The van der Waals surface area contributed by atoms with Gasteiger partial charge in [-0.25, -0.2) is 59.1 Å². The first-order valence-corrected chi connectivity index (χ1v) is 32.9. The van der Waals surface area contributed by atoms with Crippen LogP contribution in [-0.4, -0.2) is 63.9 Å². The third kappa shape index (κ3) is 19.3. The fraction of sp³-hybridized carbons (Fsp3) is 0.185. The molecule has 1 amide bonds. The van der Waals surface area contributed by atoms with Gasteiger partial charge in [-0.05, 0) is 223 Å². The molecular weight excluding hydrogens is 1370 g/mol. The lowest BCUT2D eigenvalue weighted by molar-refractivity contribution is 0.0599. The number of nitrogens with one attached hydrogen (secondary N) is 1. The van der Waals surface area contributed by atoms with Gasteiger partial charge in [0.25, 0.3) is 5.91 Å². The van der Waals surface area contributed by atoms with E-state index >= 15 is 0 Å². The van der Waals surface area contributed by atoms with E-state index in [0.717, 1.165) is 123 Å². The Morgan fingerprint density at radius 2 is 0.827 bits per heavy atom. The summed E-state index contributed by atoms with van der Waals surface area (Å²) in [5, 5.41) is 17.8. The average Bonchev–Trinajstić information content (AvgIpc) is 1.73. The molecule has 0 spiro atoms. The number of rotatable bonds is 10. The van der Waals surface area contributed by atoms with Crippen LogP contribution in [0.5, 0.6) is 0 Å². The van der Waals surface area contributed by atoms with Gasteiger partial charge in [0, 0.05) is 67.5 Å². The number of aryl methyl sites for hydroxylation is 10. The van der Waals surface area contributed by atoms with Crippen molar-refractivity contribution in [3.05, 3.63) is 314 Å². The van der Waals surface area contributed by atoms with Crippen LogP contribution in [0.25, 0.3) is 62.2 Å². The first-order valence-electron chi connectivity index (χ1n) is 32.1. The number of carboxylic acids is 1. The number of anilines is 3. The Balaban J connectivity index is 0.000000181. The summed E-state index contributed by atoms with van der Waals surface area (Å²) in [4.78, 5) is 68.9. The number of imidazole rings is 3. The number of hydrogen-bond donors (Lipinski definition) is 6. The van der Waals surface area contributed by atoms with Crippen molar-refractivity contribution in [3.63, 3.8) is 0 Å². The Morgan fingerprint density at radius 3 is 1.21 bits per heavy atom. The minimum atomic E-state index is -0.936. The average molecular weight is 1450 g/mol. The summed E-state index contributed by atoms with van der Waals surface area (Å²) >= 11 is 3.25. The van der Waals surface area contributed by atoms with Crippen LogP contribution in [-0.2, 0) is 51.6 Å². The number of carbonyl (C=O) groups excluding carboxylic acids is 2. The van der Waals surface area contributed by atoms with Crippen LogP contribution in [0.3, 0.4) is 0 Å². The van der Waals surface area contributed by atoms with Crippen LogP contribution in [0.15, 0.2) is 156 Å². The van der Waals surface area contributed by atoms with Gasteiger partial charge in [-0.3, -0.25) is 10.0 Å². The standard InChI is InChI=1S/C19H17N3O2.C18H16N4O2.C18H15N3O2.C10H12N2.C8H7BrN2.C8H8N2/c1-12-8-16-17(11-15(12)20-2)22(3)18(21-16)10-13-6-5-7-14(9-13)19(23)24-4;1-11-7-15-16(10-14(11)19-2)22(3)17(20-15)9-12-5-4-6-13(8-12)18(23)21-24;1-11-7-15-16(10-14(11)19-2)21(3)17(20-15)9-12-5-4-6-13(8-12)18(22)23;1-4-8-6-10(12-3)7(2)5-9(8)11;1-5-3-7(10)6(9)4-8(5)11-2;1-6-3-4-7(9)5-8(6)10-2/h5-9,11H,10H2,1,3-4H3;4-8,10,24H,9H2,1,3H3,(H,21,23);4-8,10H,9H2,1,3H3,(H,22,23);5-6H,4,11H2,1-2H3;3-4H,10H2,1H3;3-5H,9H2,1H3. The lowest BCUT2D eigenvalue weighted by atomic mass is 10.1. The monoisotopic (exact) mass is 1450 g/mol. The van der Waals surface area contributed by atoms with Crippen LogP contribution in [0, 0.1) is 81.0 Å². The Kier molecular flexibility index (Phi) is 26.6. The van der Waals surface area contributed by atoms with Crippen LogP contribution in [0.4, 0.5) is 51.2 Å². The highest BCUT2D eigenvalue weighted by Gasteiger charge is 2.17. The van der Waals surface area contributed by atoms with E-state index in [2.05, 4.69) is 60.0 Å². The number of aromatic carboxylic acids is 1. The zero-order valence-electron chi connectivity index (χ0n) is 59.3. The molecule has 0 bridgehead atoms. The molecule has 0 saturated heterocycles. The quantitative estimate of drug-likeness (QED) is 0.0245. The number of carboxylic acid groups (broad SMARTS) is 1. The van der Waals surface area contributed by atoms with Crippen molar-refractivity contribution in [2.45, 2.75) is 74.1 Å². The third-order valence-electron chi connectivity index (χ3n) is 16.9. The largest absolute Gasteiger partial charge is 0.478 e. The van der Waals surface area contributed by atoms with Crippen LogP contribution < -0.4 is 22.7 Å². The molecule has 104 heavy (non-hydrogen) atoms. The molecule has 3 aromatic heterocycles. The predicted octanol–water partition coefficient (Wildman–Crippen LogP) is 18.4. The summed E-state index contributed by atoms with van der Waals surface area (Å²) in [7, 11) is 7.14. The Bertz CT molecular complexity index is 5390. The number of hydroxylamine groups is 1. The minimum Gasteiger partial charge on any atom is -0.478 e. The first kappa shape index (κ1) is 77.9. The second-order valence-corrected chi connectivity index (χ2v) is 24.9. The number of aromatic nitrogens is 6. The zero-order valence-corrected chi connectivity index (χ0v) is 60.9. The Labute approximate surface area is 612 Å². The maximum Gasteiger partial charge on any atom is 0.337 e. The van der Waals surface area contributed by atoms with Crippen LogP contribution in [0.2, 0.25) is 0 Å². The molecule has 0 atom stereocenters. The molecule has 0 aliphatic carbocycles. The Hall–Kier alpha value is -13.4. The van der Waals surface area contributed by atoms with Crippen LogP contribution in [0.1, 0.15) is 111 Å². The fourth-order valence-corrected chi connectivity index (χ4v) is 11.2. The van der Waals surface area contributed by atoms with E-state index in [9.17, 15) is 14.4 Å². The van der Waals surface area contributed by atoms with Gasteiger partial charge in [-0.1, -0.05) is 55.5 Å². The number of fused-ring (bicyclic) bond motifs is 3. The highest BCUT2D eigenvalue weighted by molar-refractivity contribution is 9.10. The topological polar surface area (TPSA) is 271 Å². The normalized spacial score (nSPS) is 10.1. The van der Waals surface area contributed by atoms with Gasteiger partial charge in [0.15, 0.2) is 34.1 Å². The smallest absolute Gasteiger partial charge is 0.337 e. The molecule has 12 rings (SSSR count). The molecule has 9 aromatic carbocycles. The van der Waals surface area contributed by atoms with Gasteiger partial charge >= 0.3 is 11.9 Å². The highest BCUT2D eigenvalue weighted by Crippen LogP contribution is 2.32.